The van der Waals surface area contributed by atoms with Crippen LogP contribution in [0.4, 0.5) is 5.69 Å². The van der Waals surface area contributed by atoms with Gasteiger partial charge in [-0.1, -0.05) is 72.0 Å². The average molecular weight is 593 g/mol. The van der Waals surface area contributed by atoms with E-state index in [2.05, 4.69) is 9.56 Å². The first-order valence-electron chi connectivity index (χ1n) is 13.8. The number of carbonyl (C=O) groups excluding carboxylic acids is 1. The molecular weight excluding hydrogens is 564 g/mol. The molecule has 2 aromatic heterocycles. The van der Waals surface area contributed by atoms with Crippen LogP contribution >= 0.6 is 11.3 Å². The Morgan fingerprint density at radius 3 is 2.44 bits per heavy atom. The number of ether oxygens (including phenoxy) is 1. The molecule has 0 spiro atoms. The van der Waals surface area contributed by atoms with E-state index in [9.17, 15) is 19.7 Å². The van der Waals surface area contributed by atoms with Gasteiger partial charge in [0.05, 0.1) is 33.4 Å². The molecule has 1 atom stereocenters. The van der Waals surface area contributed by atoms with Crippen molar-refractivity contribution in [3.63, 3.8) is 0 Å². The summed E-state index contributed by atoms with van der Waals surface area (Å²) >= 11 is 1.29. The second kappa shape index (κ2) is 11.3. The lowest BCUT2D eigenvalue weighted by atomic mass is 9.96. The Morgan fingerprint density at radius 1 is 1.05 bits per heavy atom. The predicted octanol–water partition coefficient (Wildman–Crippen LogP) is 5.02. The fourth-order valence-corrected chi connectivity index (χ4v) is 6.65. The molecule has 6 rings (SSSR count). The number of carbonyl (C=O) groups is 1. The number of non-ortho nitro benzene ring substituents is 1. The van der Waals surface area contributed by atoms with Gasteiger partial charge >= 0.3 is 5.97 Å². The van der Waals surface area contributed by atoms with Crippen LogP contribution in [0.15, 0.2) is 99.9 Å². The zero-order valence-electron chi connectivity index (χ0n) is 23.8. The van der Waals surface area contributed by atoms with E-state index in [1.165, 1.54) is 23.5 Å². The molecule has 1 aliphatic heterocycles. The molecule has 0 radical (unpaired) electrons. The predicted molar refractivity (Wildman–Crippen MR) is 166 cm³/mol. The first-order valence-corrected chi connectivity index (χ1v) is 14.7. The number of thiazole rings is 1. The van der Waals surface area contributed by atoms with Gasteiger partial charge in [-0.15, -0.1) is 0 Å². The Labute approximate surface area is 250 Å². The number of nitro groups is 1. The first-order chi connectivity index (χ1) is 20.8. The van der Waals surface area contributed by atoms with Gasteiger partial charge in [-0.05, 0) is 44.0 Å². The lowest BCUT2D eigenvalue weighted by molar-refractivity contribution is -0.384. The van der Waals surface area contributed by atoms with Crippen LogP contribution < -0.4 is 14.9 Å². The zero-order chi connectivity index (χ0) is 30.2. The van der Waals surface area contributed by atoms with Crippen molar-refractivity contribution in [2.45, 2.75) is 33.4 Å². The second-order valence-corrected chi connectivity index (χ2v) is 11.2. The van der Waals surface area contributed by atoms with Gasteiger partial charge in [-0.3, -0.25) is 19.5 Å². The summed E-state index contributed by atoms with van der Waals surface area (Å²) in [4.78, 5) is 43.1. The summed E-state index contributed by atoms with van der Waals surface area (Å²) in [6, 6.07) is 23.3. The average Bonchev–Trinajstić information content (AvgIpc) is 3.45. The Morgan fingerprint density at radius 2 is 1.74 bits per heavy atom. The number of aromatic nitrogens is 2. The standard InChI is InChI=1S/C33H28N4O5S/c1-4-42-32(39)29-20(2)34-33-36(30(29)23-10-6-5-7-11-23)31(38)28(43-33)18-26-21(3)35(27-13-9-8-12-25(26)27)19-22-14-16-24(17-15-22)37(40)41/h5-18,30H,4,19H2,1-3H3/b28-18-/t30-/m1/s1. The van der Waals surface area contributed by atoms with Gasteiger partial charge in [0, 0.05) is 40.8 Å². The van der Waals surface area contributed by atoms with Gasteiger partial charge in [0.15, 0.2) is 4.80 Å². The molecular formula is C33H28N4O5S. The van der Waals surface area contributed by atoms with Crippen LogP contribution in [0.1, 0.15) is 42.3 Å². The van der Waals surface area contributed by atoms with Gasteiger partial charge in [-0.25, -0.2) is 9.79 Å². The smallest absolute Gasteiger partial charge is 0.338 e. The van der Waals surface area contributed by atoms with Gasteiger partial charge in [0.1, 0.15) is 0 Å². The van der Waals surface area contributed by atoms with E-state index in [1.807, 2.05) is 67.6 Å². The highest BCUT2D eigenvalue weighted by atomic mass is 32.1. The molecule has 1 aliphatic rings. The largest absolute Gasteiger partial charge is 0.463 e. The molecule has 0 fully saturated rings. The van der Waals surface area contributed by atoms with Crippen molar-refractivity contribution in [1.29, 1.82) is 0 Å². The third kappa shape index (κ3) is 4.99. The molecule has 216 valence electrons. The molecule has 0 amide bonds. The minimum absolute atomic E-state index is 0.0454. The van der Waals surface area contributed by atoms with Crippen molar-refractivity contribution in [2.75, 3.05) is 6.61 Å². The topological polar surface area (TPSA) is 109 Å². The highest BCUT2D eigenvalue weighted by molar-refractivity contribution is 7.07. The summed E-state index contributed by atoms with van der Waals surface area (Å²) in [5, 5.41) is 12.1. The molecule has 0 saturated carbocycles. The van der Waals surface area contributed by atoms with Gasteiger partial charge in [0.25, 0.3) is 11.2 Å². The normalized spacial score (nSPS) is 15.0. The number of hydrogen-bond donors (Lipinski definition) is 0. The number of para-hydroxylation sites is 1. The lowest BCUT2D eigenvalue weighted by Gasteiger charge is -2.24. The molecule has 0 unspecified atom stereocenters. The van der Waals surface area contributed by atoms with Crippen molar-refractivity contribution < 1.29 is 14.5 Å². The van der Waals surface area contributed by atoms with Crippen LogP contribution in [0.5, 0.6) is 0 Å². The third-order valence-electron chi connectivity index (χ3n) is 7.68. The lowest BCUT2D eigenvalue weighted by Crippen LogP contribution is -2.39. The SMILES string of the molecule is CCOC(=O)C1=C(C)N=c2s/c(=C\c3c(C)n(Cc4ccc([N+](=O)[O-])cc4)c4ccccc34)c(=O)n2[C@@H]1c1ccccc1. The Kier molecular flexibility index (Phi) is 7.37. The minimum atomic E-state index is -0.664. The number of allylic oxidation sites excluding steroid dienone is 1. The molecule has 0 N–H and O–H groups in total. The van der Waals surface area contributed by atoms with Crippen molar-refractivity contribution in [1.82, 2.24) is 9.13 Å². The van der Waals surface area contributed by atoms with E-state index in [0.29, 0.717) is 27.1 Å². The molecule has 0 bridgehead atoms. The fourth-order valence-electron chi connectivity index (χ4n) is 5.62. The van der Waals surface area contributed by atoms with Crippen molar-refractivity contribution in [2.24, 2.45) is 4.99 Å². The summed E-state index contributed by atoms with van der Waals surface area (Å²) in [6.45, 7) is 6.25. The maximum atomic E-state index is 14.1. The van der Waals surface area contributed by atoms with Gasteiger partial charge in [0.2, 0.25) is 0 Å². The highest BCUT2D eigenvalue weighted by Crippen LogP contribution is 2.31. The quantitative estimate of drug-likeness (QED) is 0.150. The molecule has 43 heavy (non-hydrogen) atoms. The zero-order valence-corrected chi connectivity index (χ0v) is 24.6. The van der Waals surface area contributed by atoms with E-state index < -0.39 is 16.9 Å². The number of benzene rings is 3. The van der Waals surface area contributed by atoms with E-state index in [0.717, 1.165) is 33.3 Å². The number of esters is 1. The van der Waals surface area contributed by atoms with Crippen molar-refractivity contribution in [3.8, 4) is 0 Å². The molecule has 10 heteroatoms. The number of nitrogens with zero attached hydrogens (tertiary/aromatic N) is 4. The molecule has 0 saturated heterocycles. The maximum Gasteiger partial charge on any atom is 0.338 e. The highest BCUT2D eigenvalue weighted by Gasteiger charge is 2.33. The second-order valence-electron chi connectivity index (χ2n) is 10.2. The molecule has 5 aromatic rings. The summed E-state index contributed by atoms with van der Waals surface area (Å²) < 4.78 is 9.62. The Hall–Kier alpha value is -5.09. The van der Waals surface area contributed by atoms with Crippen LogP contribution in [0, 0.1) is 17.0 Å². The van der Waals surface area contributed by atoms with Crippen molar-refractivity contribution in [3.05, 3.63) is 142 Å². The van der Waals surface area contributed by atoms with Crippen LogP contribution in [-0.4, -0.2) is 26.6 Å². The van der Waals surface area contributed by atoms with E-state index >= 15 is 0 Å². The third-order valence-corrected chi connectivity index (χ3v) is 8.66. The molecule has 3 heterocycles. The number of nitro benzene ring substituents is 1. The molecule has 0 aliphatic carbocycles. The fraction of sp³-hybridized carbons (Fsp3) is 0.182. The van der Waals surface area contributed by atoms with E-state index in [4.69, 9.17) is 4.74 Å². The van der Waals surface area contributed by atoms with Crippen LogP contribution in [0.2, 0.25) is 0 Å². The van der Waals surface area contributed by atoms with Crippen LogP contribution in [0.3, 0.4) is 0 Å². The first kappa shape index (κ1) is 28.0. The number of rotatable bonds is 7. The number of fused-ring (bicyclic) bond motifs is 2. The molecule has 3 aromatic carbocycles. The van der Waals surface area contributed by atoms with Crippen LogP contribution in [0.25, 0.3) is 17.0 Å². The summed E-state index contributed by atoms with van der Waals surface area (Å²) in [7, 11) is 0. The monoisotopic (exact) mass is 592 g/mol. The summed E-state index contributed by atoms with van der Waals surface area (Å²) in [5.74, 6) is -0.489. The van der Waals surface area contributed by atoms with Gasteiger partial charge < -0.3 is 9.30 Å². The van der Waals surface area contributed by atoms with Crippen LogP contribution in [-0.2, 0) is 16.1 Å². The van der Waals surface area contributed by atoms with E-state index in [-0.39, 0.29) is 17.9 Å². The molecule has 9 nitrogen and oxygen atoms in total. The summed E-state index contributed by atoms with van der Waals surface area (Å²) in [5.41, 5.74) is 5.24. The van der Waals surface area contributed by atoms with Gasteiger partial charge in [-0.2, -0.15) is 0 Å². The number of hydrogen-bond acceptors (Lipinski definition) is 7. The van der Waals surface area contributed by atoms with Crippen molar-refractivity contribution >= 4 is 40.0 Å². The Bertz CT molecular complexity index is 2100. The Balaban J connectivity index is 1.51. The summed E-state index contributed by atoms with van der Waals surface area (Å²) in [6.07, 6.45) is 1.90. The maximum absolute atomic E-state index is 14.1. The minimum Gasteiger partial charge on any atom is -0.463 e. The van der Waals surface area contributed by atoms with E-state index in [1.54, 1.807) is 30.5 Å².